The predicted octanol–water partition coefficient (Wildman–Crippen LogP) is 1.30. The van der Waals surface area contributed by atoms with Gasteiger partial charge in [-0.3, -0.25) is 9.48 Å². The highest BCUT2D eigenvalue weighted by Crippen LogP contribution is 2.18. The van der Waals surface area contributed by atoms with Crippen LogP contribution in [0.5, 0.6) is 0 Å². The van der Waals surface area contributed by atoms with Crippen LogP contribution in [-0.2, 0) is 23.6 Å². The molecule has 2 rings (SSSR count). The average Bonchev–Trinajstić information content (AvgIpc) is 2.91. The Balaban J connectivity index is 2.28. The number of aryl methyl sites for hydroxylation is 2. The molecule has 24 heavy (non-hydrogen) atoms. The standard InChI is InChI=1S/C16H22N4O3S/c1-5-18-24(22,23)14-7-6-12(2)15(8-14)16(21)19(3)10-13-9-17-20(4)11-13/h6-9,11,18H,5,10H2,1-4H3. The minimum Gasteiger partial charge on any atom is -0.337 e. The Morgan fingerprint density at radius 1 is 1.38 bits per heavy atom. The highest BCUT2D eigenvalue weighted by molar-refractivity contribution is 7.89. The lowest BCUT2D eigenvalue weighted by Gasteiger charge is -2.18. The van der Waals surface area contributed by atoms with Crippen molar-refractivity contribution >= 4 is 15.9 Å². The van der Waals surface area contributed by atoms with Crippen LogP contribution in [0.4, 0.5) is 0 Å². The molecule has 0 aliphatic carbocycles. The SMILES string of the molecule is CCNS(=O)(=O)c1ccc(C)c(C(=O)N(C)Cc2cnn(C)c2)c1. The van der Waals surface area contributed by atoms with E-state index in [2.05, 4.69) is 9.82 Å². The van der Waals surface area contributed by atoms with Gasteiger partial charge >= 0.3 is 0 Å². The molecule has 1 heterocycles. The Morgan fingerprint density at radius 3 is 2.67 bits per heavy atom. The second kappa shape index (κ2) is 7.14. The Morgan fingerprint density at radius 2 is 2.08 bits per heavy atom. The Kier molecular flexibility index (Phi) is 5.40. The highest BCUT2D eigenvalue weighted by atomic mass is 32.2. The summed E-state index contributed by atoms with van der Waals surface area (Å²) in [6.07, 6.45) is 3.53. The molecule has 1 N–H and O–H groups in total. The van der Waals surface area contributed by atoms with E-state index in [-0.39, 0.29) is 10.8 Å². The monoisotopic (exact) mass is 350 g/mol. The van der Waals surface area contributed by atoms with Crippen LogP contribution in [0.3, 0.4) is 0 Å². The number of hydrogen-bond donors (Lipinski definition) is 1. The number of hydrogen-bond acceptors (Lipinski definition) is 4. The van der Waals surface area contributed by atoms with E-state index >= 15 is 0 Å². The van der Waals surface area contributed by atoms with Crippen LogP contribution in [0.25, 0.3) is 0 Å². The smallest absolute Gasteiger partial charge is 0.254 e. The molecule has 0 unspecified atom stereocenters. The maximum atomic E-state index is 12.7. The van der Waals surface area contributed by atoms with E-state index in [0.29, 0.717) is 18.7 Å². The van der Waals surface area contributed by atoms with Gasteiger partial charge in [0.1, 0.15) is 0 Å². The first-order valence-electron chi connectivity index (χ1n) is 7.58. The van der Waals surface area contributed by atoms with E-state index in [0.717, 1.165) is 11.1 Å². The average molecular weight is 350 g/mol. The third-order valence-electron chi connectivity index (χ3n) is 3.61. The summed E-state index contributed by atoms with van der Waals surface area (Å²) in [5.74, 6) is -0.232. The summed E-state index contributed by atoms with van der Waals surface area (Å²) < 4.78 is 28.4. The molecule has 0 spiro atoms. The largest absolute Gasteiger partial charge is 0.337 e. The number of benzene rings is 1. The molecule has 0 aliphatic rings. The Hall–Kier alpha value is -2.19. The van der Waals surface area contributed by atoms with Gasteiger partial charge in [0.05, 0.1) is 11.1 Å². The van der Waals surface area contributed by atoms with Crippen LogP contribution in [0, 0.1) is 6.92 Å². The van der Waals surface area contributed by atoms with Crippen molar-refractivity contribution < 1.29 is 13.2 Å². The van der Waals surface area contributed by atoms with Gasteiger partial charge in [0.15, 0.2) is 0 Å². The number of nitrogens with one attached hydrogen (secondary N) is 1. The van der Waals surface area contributed by atoms with Gasteiger partial charge in [-0.05, 0) is 24.6 Å². The molecule has 0 bridgehead atoms. The van der Waals surface area contributed by atoms with Crippen molar-refractivity contribution in [2.75, 3.05) is 13.6 Å². The van der Waals surface area contributed by atoms with Gasteiger partial charge in [0.2, 0.25) is 10.0 Å². The fourth-order valence-corrected chi connectivity index (χ4v) is 3.44. The molecule has 0 radical (unpaired) electrons. The molecule has 2 aromatic rings. The summed E-state index contributed by atoms with van der Waals surface area (Å²) in [7, 11) is -0.108. The number of carbonyl (C=O) groups is 1. The van der Waals surface area contributed by atoms with E-state index in [1.165, 1.54) is 12.1 Å². The molecule has 0 fully saturated rings. The number of rotatable bonds is 6. The van der Waals surface area contributed by atoms with Gasteiger partial charge in [0.25, 0.3) is 5.91 Å². The van der Waals surface area contributed by atoms with Crippen LogP contribution >= 0.6 is 0 Å². The molecule has 1 aromatic carbocycles. The first-order valence-corrected chi connectivity index (χ1v) is 9.06. The quantitative estimate of drug-likeness (QED) is 0.851. The van der Waals surface area contributed by atoms with E-state index in [1.54, 1.807) is 42.7 Å². The van der Waals surface area contributed by atoms with Gasteiger partial charge in [-0.25, -0.2) is 13.1 Å². The van der Waals surface area contributed by atoms with Crippen molar-refractivity contribution in [1.29, 1.82) is 0 Å². The predicted molar refractivity (Wildman–Crippen MR) is 91.0 cm³/mol. The molecule has 0 saturated carbocycles. The number of aromatic nitrogens is 2. The zero-order chi connectivity index (χ0) is 17.9. The van der Waals surface area contributed by atoms with Crippen molar-refractivity contribution in [3.8, 4) is 0 Å². The molecule has 1 amide bonds. The molecule has 7 nitrogen and oxygen atoms in total. The van der Waals surface area contributed by atoms with Crippen molar-refractivity contribution in [3.63, 3.8) is 0 Å². The van der Waals surface area contributed by atoms with Gasteiger partial charge < -0.3 is 4.90 Å². The van der Waals surface area contributed by atoms with Crippen LogP contribution < -0.4 is 4.72 Å². The van der Waals surface area contributed by atoms with E-state index in [9.17, 15) is 13.2 Å². The maximum Gasteiger partial charge on any atom is 0.254 e. The molecule has 0 atom stereocenters. The zero-order valence-electron chi connectivity index (χ0n) is 14.3. The molecule has 0 saturated heterocycles. The number of nitrogens with zero attached hydrogens (tertiary/aromatic N) is 3. The molecule has 0 aliphatic heterocycles. The molecule has 130 valence electrons. The van der Waals surface area contributed by atoms with Crippen molar-refractivity contribution in [2.24, 2.45) is 7.05 Å². The third kappa shape index (κ3) is 4.01. The zero-order valence-corrected chi connectivity index (χ0v) is 15.1. The highest BCUT2D eigenvalue weighted by Gasteiger charge is 2.19. The number of amides is 1. The van der Waals surface area contributed by atoms with Crippen LogP contribution in [0.15, 0.2) is 35.5 Å². The second-order valence-corrected chi connectivity index (χ2v) is 7.43. The maximum absolute atomic E-state index is 12.7. The van der Waals surface area contributed by atoms with E-state index in [4.69, 9.17) is 0 Å². The Bertz CT molecular complexity index is 843. The normalized spacial score (nSPS) is 11.5. The first kappa shape index (κ1) is 18.2. The summed E-state index contributed by atoms with van der Waals surface area (Å²) in [6.45, 7) is 4.19. The number of sulfonamides is 1. The van der Waals surface area contributed by atoms with Crippen molar-refractivity contribution in [2.45, 2.75) is 25.3 Å². The van der Waals surface area contributed by atoms with Crippen LogP contribution in [0.2, 0.25) is 0 Å². The lowest BCUT2D eigenvalue weighted by atomic mass is 10.1. The van der Waals surface area contributed by atoms with E-state index in [1.807, 2.05) is 13.2 Å². The van der Waals surface area contributed by atoms with Crippen LogP contribution in [-0.4, -0.2) is 42.6 Å². The Labute approximate surface area is 142 Å². The molecule has 8 heteroatoms. The minimum absolute atomic E-state index is 0.0908. The molecular formula is C16H22N4O3S. The van der Waals surface area contributed by atoms with E-state index < -0.39 is 10.0 Å². The lowest BCUT2D eigenvalue weighted by molar-refractivity contribution is 0.0784. The van der Waals surface area contributed by atoms with Gasteiger partial charge in [-0.15, -0.1) is 0 Å². The third-order valence-corrected chi connectivity index (χ3v) is 5.15. The first-order chi connectivity index (χ1) is 11.2. The van der Waals surface area contributed by atoms with Crippen molar-refractivity contribution in [1.82, 2.24) is 19.4 Å². The van der Waals surface area contributed by atoms with Crippen LogP contribution in [0.1, 0.15) is 28.4 Å². The number of carbonyl (C=O) groups excluding carboxylic acids is 1. The lowest BCUT2D eigenvalue weighted by Crippen LogP contribution is -2.28. The molecular weight excluding hydrogens is 328 g/mol. The summed E-state index contributed by atoms with van der Waals surface area (Å²) in [5.41, 5.74) is 2.01. The summed E-state index contributed by atoms with van der Waals surface area (Å²) in [4.78, 5) is 14.3. The van der Waals surface area contributed by atoms with Gasteiger partial charge in [-0.2, -0.15) is 5.10 Å². The minimum atomic E-state index is -3.60. The fraction of sp³-hybridized carbons (Fsp3) is 0.375. The van der Waals surface area contributed by atoms with Gasteiger partial charge in [-0.1, -0.05) is 13.0 Å². The van der Waals surface area contributed by atoms with Gasteiger partial charge in [0, 0.05) is 44.5 Å². The fourth-order valence-electron chi connectivity index (χ4n) is 2.38. The summed E-state index contributed by atoms with van der Waals surface area (Å²) in [5, 5.41) is 4.08. The molecule has 1 aromatic heterocycles. The van der Waals surface area contributed by atoms with Crippen molar-refractivity contribution in [3.05, 3.63) is 47.3 Å². The summed E-state index contributed by atoms with van der Waals surface area (Å²) in [6, 6.07) is 4.58. The topological polar surface area (TPSA) is 84.3 Å². The summed E-state index contributed by atoms with van der Waals surface area (Å²) >= 11 is 0. The second-order valence-electron chi connectivity index (χ2n) is 5.66.